The number of hydrogen-bond acceptors (Lipinski definition) is 8. The molecule has 0 aromatic heterocycles. The predicted molar refractivity (Wildman–Crippen MR) is 126 cm³/mol. The Kier molecular flexibility index (Phi) is 6.52. The van der Waals surface area contributed by atoms with Gasteiger partial charge in [0.25, 0.3) is 5.97 Å². The largest absolute Gasteiger partial charge is 0.469 e. The third-order valence-electron chi connectivity index (χ3n) is 5.18. The van der Waals surface area contributed by atoms with Crippen LogP contribution in [0, 0.1) is 0 Å². The van der Waals surface area contributed by atoms with Crippen LogP contribution in [0.4, 0.5) is 0 Å². The van der Waals surface area contributed by atoms with E-state index in [2.05, 4.69) is 4.74 Å². The summed E-state index contributed by atoms with van der Waals surface area (Å²) in [7, 11) is 25.6. The highest BCUT2D eigenvalue weighted by molar-refractivity contribution is 7.90. The Hall–Kier alpha value is -3.01. The fourth-order valence-corrected chi connectivity index (χ4v) is 4.06. The van der Waals surface area contributed by atoms with Gasteiger partial charge < -0.3 is 19.4 Å². The third-order valence-corrected chi connectivity index (χ3v) is 6.63. The van der Waals surface area contributed by atoms with Crippen LogP contribution in [0.1, 0.15) is 16.7 Å². The van der Waals surface area contributed by atoms with Crippen molar-refractivity contribution >= 4 is 61.1 Å². The zero-order valence-corrected chi connectivity index (χ0v) is 18.7. The number of Topliss-reactive ketones (excluding diaryl/α,β-unsaturated/α-hetero) is 1. The molecule has 1 aliphatic heterocycles. The second-order valence-electron chi connectivity index (χ2n) is 7.49. The first-order chi connectivity index (χ1) is 15.7. The van der Waals surface area contributed by atoms with Gasteiger partial charge in [0.1, 0.15) is 7.85 Å². The van der Waals surface area contributed by atoms with Crippen molar-refractivity contribution < 1.29 is 31.7 Å². The van der Waals surface area contributed by atoms with E-state index in [4.69, 9.17) is 53.9 Å². The average Bonchev–Trinajstić information content (AvgIpc) is 3.02. The van der Waals surface area contributed by atoms with E-state index in [0.29, 0.717) is 0 Å². The van der Waals surface area contributed by atoms with Crippen LogP contribution in [0.2, 0.25) is 0 Å². The molecule has 162 valence electrons. The minimum atomic E-state index is -4.86. The molecule has 0 saturated carbocycles. The number of esters is 1. The second kappa shape index (κ2) is 8.65. The predicted octanol–water partition coefficient (Wildman–Crippen LogP) is -1.11. The molecule has 1 unspecified atom stereocenters. The third kappa shape index (κ3) is 4.15. The molecule has 0 bridgehead atoms. The van der Waals surface area contributed by atoms with E-state index >= 15 is 0 Å². The number of rotatable bonds is 7. The average molecular weight is 466 g/mol. The number of benzene rings is 2. The van der Waals surface area contributed by atoms with E-state index < -0.39 is 48.8 Å². The summed E-state index contributed by atoms with van der Waals surface area (Å²) in [5.74, 6) is -3.63. The number of carbonyl (C=O) groups is 2. The molecule has 0 amide bonds. The van der Waals surface area contributed by atoms with Gasteiger partial charge in [0.15, 0.2) is 5.50 Å². The first-order valence-electron chi connectivity index (χ1n) is 9.55. The molecule has 0 aliphatic carbocycles. The molecule has 0 saturated heterocycles. The molecule has 10 radical (unpaired) electrons. The first-order valence-corrected chi connectivity index (χ1v) is 11.0. The smallest absolute Gasteiger partial charge is 0.302 e. The van der Waals surface area contributed by atoms with Crippen LogP contribution in [0.5, 0.6) is 0 Å². The fourth-order valence-electron chi connectivity index (χ4n) is 3.12. The lowest BCUT2D eigenvalue weighted by Crippen LogP contribution is -2.40. The summed E-state index contributed by atoms with van der Waals surface area (Å²) in [5.41, 5.74) is 3.60. The van der Waals surface area contributed by atoms with Crippen molar-refractivity contribution in [1.29, 1.82) is 0 Å². The zero-order chi connectivity index (χ0) is 25.5. The molecule has 8 nitrogen and oxygen atoms in total. The highest BCUT2D eigenvalue weighted by Gasteiger charge is 2.50. The molecule has 1 heterocycles. The standard InChI is InChI=1S/C20H14B5NO7S/c1-31-17(28)18(21,22)11-7-9-12(10-8-11)19(23)15(27)14(16(26)32-19)33-34(29,30)20(24,25)13-5-3-2-4-6-13/h2-10H,26H2,1H3. The van der Waals surface area contributed by atoms with E-state index in [0.717, 1.165) is 7.11 Å². The Morgan fingerprint density at radius 1 is 1.00 bits per heavy atom. The number of ketones is 1. The summed E-state index contributed by atoms with van der Waals surface area (Å²) in [4.78, 5) is 24.8. The Morgan fingerprint density at radius 3 is 2.09 bits per heavy atom. The molecule has 1 aliphatic rings. The number of ether oxygens (including phenoxy) is 2. The SMILES string of the molecule is [B]C([B])(C(=O)OC)c1ccc(C2([B])OC(N)=C(OS(=O)(=O)C([B])([B])c3ccccc3)C2=O)cc1. The van der Waals surface area contributed by atoms with E-state index in [-0.39, 0.29) is 16.7 Å². The molecule has 14 heteroatoms. The van der Waals surface area contributed by atoms with Crippen molar-refractivity contribution in [2.75, 3.05) is 7.11 Å². The van der Waals surface area contributed by atoms with Crippen LogP contribution >= 0.6 is 0 Å². The minimum absolute atomic E-state index is 0.00667. The summed E-state index contributed by atoms with van der Waals surface area (Å²) >= 11 is 0. The van der Waals surface area contributed by atoms with Crippen molar-refractivity contribution in [2.24, 2.45) is 5.73 Å². The highest BCUT2D eigenvalue weighted by Crippen LogP contribution is 2.38. The zero-order valence-electron chi connectivity index (χ0n) is 17.9. The maximum Gasteiger partial charge on any atom is 0.302 e. The highest BCUT2D eigenvalue weighted by atomic mass is 32.2. The Balaban J connectivity index is 1.89. The van der Waals surface area contributed by atoms with Crippen LogP contribution in [-0.4, -0.2) is 66.5 Å². The van der Waals surface area contributed by atoms with Crippen molar-refractivity contribution in [3.8, 4) is 0 Å². The van der Waals surface area contributed by atoms with Gasteiger partial charge in [-0.25, -0.2) is 0 Å². The number of hydrogen-bond donors (Lipinski definition) is 1. The van der Waals surface area contributed by atoms with Crippen molar-refractivity contribution in [2.45, 2.75) is 15.3 Å². The van der Waals surface area contributed by atoms with Gasteiger partial charge in [0, 0.05) is 5.21 Å². The normalized spacial score (nSPS) is 18.9. The summed E-state index contributed by atoms with van der Waals surface area (Å²) in [6.07, 6.45) is 0. The molecule has 2 aromatic carbocycles. The maximum absolute atomic E-state index is 13.0. The van der Waals surface area contributed by atoms with Gasteiger partial charge in [-0.3, -0.25) is 9.59 Å². The first kappa shape index (κ1) is 25.6. The van der Waals surface area contributed by atoms with Gasteiger partial charge in [-0.1, -0.05) is 54.6 Å². The molecule has 34 heavy (non-hydrogen) atoms. The molecule has 3 rings (SSSR count). The van der Waals surface area contributed by atoms with Gasteiger partial charge in [0.05, 0.1) is 43.0 Å². The van der Waals surface area contributed by atoms with Crippen molar-refractivity contribution in [3.63, 3.8) is 0 Å². The summed E-state index contributed by atoms with van der Waals surface area (Å²) in [6.45, 7) is 0. The molecule has 2 N–H and O–H groups in total. The van der Waals surface area contributed by atoms with Gasteiger partial charge in [-0.2, -0.15) is 8.42 Å². The van der Waals surface area contributed by atoms with Crippen LogP contribution in [0.15, 0.2) is 66.2 Å². The summed E-state index contributed by atoms with van der Waals surface area (Å²) < 4.78 is 37.8. The fraction of sp³-hybridized carbons (Fsp3) is 0.200. The minimum Gasteiger partial charge on any atom is -0.469 e. The van der Waals surface area contributed by atoms with Crippen molar-refractivity contribution in [1.82, 2.24) is 0 Å². The van der Waals surface area contributed by atoms with Gasteiger partial charge in [0.2, 0.25) is 17.4 Å². The topological polar surface area (TPSA) is 122 Å². The molecular weight excluding hydrogens is 452 g/mol. The molecule has 0 fully saturated rings. The lowest BCUT2D eigenvalue weighted by Gasteiger charge is -2.27. The van der Waals surface area contributed by atoms with Crippen LogP contribution in [-0.2, 0) is 48.6 Å². The van der Waals surface area contributed by atoms with Gasteiger partial charge in [-0.05, 0) is 16.7 Å². The summed E-state index contributed by atoms with van der Waals surface area (Å²) in [6, 6.07) is 12.6. The quantitative estimate of drug-likeness (QED) is 0.310. The molecule has 2 aromatic rings. The monoisotopic (exact) mass is 467 g/mol. The van der Waals surface area contributed by atoms with Crippen molar-refractivity contribution in [3.05, 3.63) is 82.9 Å². The number of methoxy groups -OCH3 is 1. The lowest BCUT2D eigenvalue weighted by atomic mass is 9.51. The number of carbonyl (C=O) groups excluding carboxylic acids is 2. The molecular formula is C20H14B5NO7S. The Bertz CT molecular complexity index is 1260. The second-order valence-corrected chi connectivity index (χ2v) is 9.25. The Morgan fingerprint density at radius 2 is 1.56 bits per heavy atom. The molecule has 1 atom stereocenters. The van der Waals surface area contributed by atoms with E-state index in [9.17, 15) is 18.0 Å². The molecule has 0 spiro atoms. The summed E-state index contributed by atoms with van der Waals surface area (Å²) in [5, 5.41) is -1.97. The van der Waals surface area contributed by atoms with E-state index in [1.54, 1.807) is 6.07 Å². The number of nitrogens with two attached hydrogens (primary N) is 1. The van der Waals surface area contributed by atoms with Gasteiger partial charge in [-0.15, -0.1) is 0 Å². The van der Waals surface area contributed by atoms with Crippen LogP contribution in [0.3, 0.4) is 0 Å². The lowest BCUT2D eigenvalue weighted by molar-refractivity contribution is -0.141. The van der Waals surface area contributed by atoms with E-state index in [1.807, 2.05) is 0 Å². The van der Waals surface area contributed by atoms with Gasteiger partial charge >= 0.3 is 10.1 Å². The van der Waals surface area contributed by atoms with Crippen LogP contribution < -0.4 is 5.73 Å². The Labute approximate surface area is 203 Å². The van der Waals surface area contributed by atoms with E-state index in [1.165, 1.54) is 48.5 Å². The van der Waals surface area contributed by atoms with Crippen LogP contribution in [0.25, 0.3) is 0 Å². The maximum atomic E-state index is 13.0.